The molecule has 0 bridgehead atoms. The second kappa shape index (κ2) is 6.80. The Morgan fingerprint density at radius 2 is 2.00 bits per heavy atom. The van der Waals surface area contributed by atoms with Gasteiger partial charge in [-0.3, -0.25) is 9.59 Å². The van der Waals surface area contributed by atoms with Crippen LogP contribution in [-0.2, 0) is 4.79 Å². The molecule has 0 saturated heterocycles. The van der Waals surface area contributed by atoms with Crippen molar-refractivity contribution < 1.29 is 24.2 Å². The van der Waals surface area contributed by atoms with Gasteiger partial charge in [-0.25, -0.2) is 4.39 Å². The number of aliphatic hydroxyl groups is 1. The van der Waals surface area contributed by atoms with Gasteiger partial charge in [0.1, 0.15) is 22.2 Å². The fourth-order valence-electron chi connectivity index (χ4n) is 1.63. The molecule has 0 aliphatic rings. The molecule has 0 unspecified atom stereocenters. The average molecular weight is 370 g/mol. The summed E-state index contributed by atoms with van der Waals surface area (Å²) in [5, 5.41) is 22.1. The van der Waals surface area contributed by atoms with Gasteiger partial charge >= 0.3 is 0 Å². The van der Waals surface area contributed by atoms with E-state index in [2.05, 4.69) is 5.32 Å². The molecule has 2 aromatic rings. The molecule has 6 nitrogen and oxygen atoms in total. The van der Waals surface area contributed by atoms with Crippen LogP contribution in [0.15, 0.2) is 33.4 Å². The lowest BCUT2D eigenvalue weighted by Gasteiger charge is -2.16. The van der Waals surface area contributed by atoms with Crippen molar-refractivity contribution in [1.82, 2.24) is 0 Å². The van der Waals surface area contributed by atoms with E-state index in [1.54, 1.807) is 0 Å². The predicted molar refractivity (Wildman–Crippen MR) is 90.0 cm³/mol. The first-order valence-electron chi connectivity index (χ1n) is 6.71. The zero-order valence-corrected chi connectivity index (χ0v) is 14.4. The fourth-order valence-corrected chi connectivity index (χ4v) is 3.84. The Hall–Kier alpha value is -2.10. The highest BCUT2D eigenvalue weighted by Crippen LogP contribution is 2.41. The molecule has 0 saturated carbocycles. The number of thiophene rings is 1. The van der Waals surface area contributed by atoms with Gasteiger partial charge in [0.2, 0.25) is 0 Å². The van der Waals surface area contributed by atoms with E-state index in [4.69, 9.17) is 5.73 Å². The molecule has 5 N–H and O–H groups in total. The zero-order valence-electron chi connectivity index (χ0n) is 12.8. The lowest BCUT2D eigenvalue weighted by molar-refractivity contribution is -0.130. The molecular formula is C15H15FN2O4S2. The van der Waals surface area contributed by atoms with Gasteiger partial charge < -0.3 is 21.3 Å². The summed E-state index contributed by atoms with van der Waals surface area (Å²) in [4.78, 5) is 23.7. The SMILES string of the molecule is CC(C)(O)C(=O)Nc1sc(Sc2cc(F)ccc2O)cc1C(N)=O. The molecule has 1 aromatic heterocycles. The molecule has 0 fully saturated rings. The largest absolute Gasteiger partial charge is 0.507 e. The first kappa shape index (κ1) is 18.2. The van der Waals surface area contributed by atoms with Crippen LogP contribution in [0.3, 0.4) is 0 Å². The number of aromatic hydroxyl groups is 1. The van der Waals surface area contributed by atoms with Gasteiger partial charge in [-0.1, -0.05) is 11.8 Å². The Kier molecular flexibility index (Phi) is 5.16. The summed E-state index contributed by atoms with van der Waals surface area (Å²) in [6, 6.07) is 4.93. The number of rotatable bonds is 5. The number of carbonyl (C=O) groups is 2. The maximum atomic E-state index is 13.3. The molecule has 1 heterocycles. The number of benzene rings is 1. The molecule has 0 aliphatic heterocycles. The summed E-state index contributed by atoms with van der Waals surface area (Å²) >= 11 is 2.05. The minimum absolute atomic E-state index is 0.0657. The quantitative estimate of drug-likeness (QED) is 0.646. The van der Waals surface area contributed by atoms with Crippen molar-refractivity contribution >= 4 is 39.9 Å². The lowest BCUT2D eigenvalue weighted by atomic mass is 10.1. The number of nitrogens with two attached hydrogens (primary N) is 1. The monoisotopic (exact) mass is 370 g/mol. The maximum absolute atomic E-state index is 13.3. The summed E-state index contributed by atoms with van der Waals surface area (Å²) in [5.41, 5.74) is 3.73. The van der Waals surface area contributed by atoms with Gasteiger partial charge in [-0.05, 0) is 38.1 Å². The number of halogens is 1. The third kappa shape index (κ3) is 4.25. The van der Waals surface area contributed by atoms with E-state index < -0.39 is 23.2 Å². The smallest absolute Gasteiger partial charge is 0.256 e. The number of hydrogen-bond acceptors (Lipinski definition) is 6. The summed E-state index contributed by atoms with van der Waals surface area (Å²) in [5.74, 6) is -2.08. The van der Waals surface area contributed by atoms with Gasteiger partial charge in [0, 0.05) is 0 Å². The number of anilines is 1. The molecular weight excluding hydrogens is 355 g/mol. The van der Waals surface area contributed by atoms with E-state index in [0.717, 1.165) is 35.2 Å². The fraction of sp³-hybridized carbons (Fsp3) is 0.200. The summed E-state index contributed by atoms with van der Waals surface area (Å²) in [7, 11) is 0. The standard InChI is InChI=1S/C15H15FN2O4S2/c1-15(2,22)14(21)18-13-8(12(17)20)6-11(24-13)23-10-5-7(16)3-4-9(10)19/h3-6,19,22H,1-2H3,(H2,17,20)(H,18,21). The zero-order chi connectivity index (χ0) is 18.1. The molecule has 1 aromatic carbocycles. The van der Waals surface area contributed by atoms with Crippen LogP contribution in [0, 0.1) is 5.82 Å². The van der Waals surface area contributed by atoms with E-state index in [-0.39, 0.29) is 21.2 Å². The topological polar surface area (TPSA) is 113 Å². The molecule has 128 valence electrons. The van der Waals surface area contributed by atoms with E-state index in [1.165, 1.54) is 26.0 Å². The predicted octanol–water partition coefficient (Wildman–Crippen LogP) is 2.55. The Labute approximate surface area is 145 Å². The molecule has 2 rings (SSSR count). The summed E-state index contributed by atoms with van der Waals surface area (Å²) in [6.07, 6.45) is 0. The van der Waals surface area contributed by atoms with Crippen LogP contribution in [0.2, 0.25) is 0 Å². The number of hydrogen-bond donors (Lipinski definition) is 4. The van der Waals surface area contributed by atoms with E-state index in [9.17, 15) is 24.2 Å². The molecule has 0 atom stereocenters. The molecule has 9 heteroatoms. The van der Waals surface area contributed by atoms with Crippen LogP contribution in [0.25, 0.3) is 0 Å². The Bertz CT molecular complexity index is 799. The second-order valence-electron chi connectivity index (χ2n) is 5.40. The summed E-state index contributed by atoms with van der Waals surface area (Å²) < 4.78 is 13.8. The number of amides is 2. The molecule has 0 spiro atoms. The van der Waals surface area contributed by atoms with Crippen LogP contribution in [0.5, 0.6) is 5.75 Å². The minimum Gasteiger partial charge on any atom is -0.507 e. The van der Waals surface area contributed by atoms with Gasteiger partial charge in [0.25, 0.3) is 11.8 Å². The number of phenolic OH excluding ortho intramolecular Hbond substituents is 1. The van der Waals surface area contributed by atoms with E-state index in [1.807, 2.05) is 0 Å². The van der Waals surface area contributed by atoms with Gasteiger partial charge in [-0.15, -0.1) is 11.3 Å². The van der Waals surface area contributed by atoms with Crippen molar-refractivity contribution in [3.8, 4) is 5.75 Å². The van der Waals surface area contributed by atoms with E-state index >= 15 is 0 Å². The van der Waals surface area contributed by atoms with Crippen molar-refractivity contribution in [1.29, 1.82) is 0 Å². The first-order valence-corrected chi connectivity index (χ1v) is 8.35. The van der Waals surface area contributed by atoms with Crippen LogP contribution in [-0.4, -0.2) is 27.6 Å². The Morgan fingerprint density at radius 1 is 1.33 bits per heavy atom. The second-order valence-corrected chi connectivity index (χ2v) is 7.79. The Morgan fingerprint density at radius 3 is 2.58 bits per heavy atom. The number of primary amides is 1. The number of carbonyl (C=O) groups excluding carboxylic acids is 2. The van der Waals surface area contributed by atoms with Crippen molar-refractivity contribution in [3.05, 3.63) is 35.6 Å². The van der Waals surface area contributed by atoms with Crippen molar-refractivity contribution in [2.75, 3.05) is 5.32 Å². The van der Waals surface area contributed by atoms with E-state index in [0.29, 0.717) is 4.21 Å². The minimum atomic E-state index is -1.63. The van der Waals surface area contributed by atoms with Crippen LogP contribution < -0.4 is 11.1 Å². The van der Waals surface area contributed by atoms with Crippen molar-refractivity contribution in [3.63, 3.8) is 0 Å². The molecule has 2 amide bonds. The van der Waals surface area contributed by atoms with Crippen LogP contribution in [0.1, 0.15) is 24.2 Å². The maximum Gasteiger partial charge on any atom is 0.256 e. The highest BCUT2D eigenvalue weighted by molar-refractivity contribution is 8.01. The van der Waals surface area contributed by atoms with Gasteiger partial charge in [0.15, 0.2) is 0 Å². The highest BCUT2D eigenvalue weighted by atomic mass is 32.2. The Balaban J connectivity index is 2.33. The normalized spacial score (nSPS) is 11.3. The van der Waals surface area contributed by atoms with Crippen LogP contribution >= 0.6 is 23.1 Å². The van der Waals surface area contributed by atoms with Gasteiger partial charge in [-0.2, -0.15) is 0 Å². The first-order chi connectivity index (χ1) is 11.1. The van der Waals surface area contributed by atoms with Crippen molar-refractivity contribution in [2.45, 2.75) is 28.6 Å². The van der Waals surface area contributed by atoms with Gasteiger partial charge in [0.05, 0.1) is 14.7 Å². The third-order valence-electron chi connectivity index (χ3n) is 2.89. The molecule has 24 heavy (non-hydrogen) atoms. The molecule has 0 aliphatic carbocycles. The number of phenols is 1. The lowest BCUT2D eigenvalue weighted by Crippen LogP contribution is -2.36. The van der Waals surface area contributed by atoms with Crippen molar-refractivity contribution in [2.24, 2.45) is 5.73 Å². The third-order valence-corrected chi connectivity index (χ3v) is 5.10. The highest BCUT2D eigenvalue weighted by Gasteiger charge is 2.26. The number of nitrogens with one attached hydrogen (secondary N) is 1. The van der Waals surface area contributed by atoms with Crippen LogP contribution in [0.4, 0.5) is 9.39 Å². The summed E-state index contributed by atoms with van der Waals surface area (Å²) in [6.45, 7) is 2.61. The average Bonchev–Trinajstić information content (AvgIpc) is 2.84. The molecule has 0 radical (unpaired) electrons.